The van der Waals surface area contributed by atoms with Gasteiger partial charge in [-0.2, -0.15) is 0 Å². The van der Waals surface area contributed by atoms with Crippen LogP contribution in [0.3, 0.4) is 0 Å². The maximum absolute atomic E-state index is 11.8. The van der Waals surface area contributed by atoms with Crippen molar-refractivity contribution in [2.75, 3.05) is 18.6 Å². The summed E-state index contributed by atoms with van der Waals surface area (Å²) < 4.78 is 6.91. The number of nitrogens with two attached hydrogens (primary N) is 1. The van der Waals surface area contributed by atoms with Crippen LogP contribution in [0.4, 0.5) is 5.69 Å². The molecule has 1 fully saturated rings. The number of hydrogen-bond acceptors (Lipinski definition) is 3. The first-order valence-corrected chi connectivity index (χ1v) is 6.70. The Kier molecular flexibility index (Phi) is 3.75. The van der Waals surface area contributed by atoms with Crippen LogP contribution in [-0.4, -0.2) is 25.6 Å². The number of carbonyl (C=O) groups is 1. The van der Waals surface area contributed by atoms with E-state index in [0.717, 1.165) is 14.6 Å². The highest BCUT2D eigenvalue weighted by atomic mass is 79.9. The van der Waals surface area contributed by atoms with Gasteiger partial charge in [0.2, 0.25) is 5.91 Å². The van der Waals surface area contributed by atoms with Gasteiger partial charge < -0.3 is 15.4 Å². The van der Waals surface area contributed by atoms with Crippen molar-refractivity contribution in [1.29, 1.82) is 0 Å². The Morgan fingerprint density at radius 3 is 2.65 bits per heavy atom. The van der Waals surface area contributed by atoms with Gasteiger partial charge in [-0.15, -0.1) is 0 Å². The van der Waals surface area contributed by atoms with Gasteiger partial charge in [-0.1, -0.05) is 0 Å². The van der Waals surface area contributed by atoms with E-state index < -0.39 is 0 Å². The summed E-state index contributed by atoms with van der Waals surface area (Å²) in [7, 11) is 1.59. The normalized spacial score (nSPS) is 19.9. The Balaban J connectivity index is 2.41. The topological polar surface area (TPSA) is 55.6 Å². The second kappa shape index (κ2) is 4.96. The number of rotatable bonds is 2. The molecule has 1 heterocycles. The Morgan fingerprint density at radius 2 is 2.12 bits per heavy atom. The van der Waals surface area contributed by atoms with Crippen LogP contribution in [0.15, 0.2) is 21.1 Å². The summed E-state index contributed by atoms with van der Waals surface area (Å²) in [4.78, 5) is 13.5. The summed E-state index contributed by atoms with van der Waals surface area (Å²) >= 11 is 6.84. The van der Waals surface area contributed by atoms with E-state index in [0.29, 0.717) is 18.7 Å². The summed E-state index contributed by atoms with van der Waals surface area (Å²) in [5, 5.41) is 0. The van der Waals surface area contributed by atoms with E-state index in [1.807, 2.05) is 12.1 Å². The van der Waals surface area contributed by atoms with Gasteiger partial charge in [0.05, 0.1) is 17.3 Å². The van der Waals surface area contributed by atoms with Crippen molar-refractivity contribution in [3.8, 4) is 5.75 Å². The average molecular weight is 364 g/mol. The number of methoxy groups -OCH3 is 1. The van der Waals surface area contributed by atoms with Crippen molar-refractivity contribution in [2.45, 2.75) is 12.5 Å². The lowest BCUT2D eigenvalue weighted by molar-refractivity contribution is -0.117. The molecule has 1 aromatic rings. The zero-order valence-corrected chi connectivity index (χ0v) is 12.4. The zero-order valence-electron chi connectivity index (χ0n) is 9.24. The van der Waals surface area contributed by atoms with Gasteiger partial charge in [0, 0.05) is 29.5 Å². The standard InChI is InChI=1S/C11H12Br2N2O2/c1-17-10-4-9(7(12)3-8(10)13)15-5-6(14)2-11(15)16/h3-4,6H,2,5,14H2,1H3. The van der Waals surface area contributed by atoms with Gasteiger partial charge in [0.1, 0.15) is 5.75 Å². The molecule has 0 spiro atoms. The third-order valence-corrected chi connectivity index (χ3v) is 3.92. The summed E-state index contributed by atoms with van der Waals surface area (Å²) in [6.07, 6.45) is 0.394. The van der Waals surface area contributed by atoms with Crippen LogP contribution >= 0.6 is 31.9 Å². The molecule has 0 aliphatic carbocycles. The fourth-order valence-corrected chi connectivity index (χ4v) is 3.22. The number of hydrogen-bond donors (Lipinski definition) is 1. The third-order valence-electron chi connectivity index (χ3n) is 2.67. The first kappa shape index (κ1) is 12.9. The monoisotopic (exact) mass is 362 g/mol. The summed E-state index contributed by atoms with van der Waals surface area (Å²) in [6.45, 7) is 0.544. The number of nitrogens with zero attached hydrogens (tertiary/aromatic N) is 1. The molecule has 0 bridgehead atoms. The van der Waals surface area contributed by atoms with E-state index in [4.69, 9.17) is 10.5 Å². The maximum atomic E-state index is 11.8. The van der Waals surface area contributed by atoms with E-state index >= 15 is 0 Å². The molecule has 1 saturated heterocycles. The molecule has 1 unspecified atom stereocenters. The van der Waals surface area contributed by atoms with E-state index in [1.165, 1.54) is 0 Å². The van der Waals surface area contributed by atoms with Crippen molar-refractivity contribution in [3.63, 3.8) is 0 Å². The van der Waals surface area contributed by atoms with Gasteiger partial charge >= 0.3 is 0 Å². The Morgan fingerprint density at radius 1 is 1.41 bits per heavy atom. The lowest BCUT2D eigenvalue weighted by atomic mass is 10.2. The molecule has 4 nitrogen and oxygen atoms in total. The van der Waals surface area contributed by atoms with E-state index in [1.54, 1.807) is 12.0 Å². The summed E-state index contributed by atoms with van der Waals surface area (Å²) in [5.41, 5.74) is 6.58. The van der Waals surface area contributed by atoms with Crippen LogP contribution < -0.4 is 15.4 Å². The molecule has 1 aliphatic rings. The van der Waals surface area contributed by atoms with Crippen molar-refractivity contribution in [1.82, 2.24) is 0 Å². The molecule has 1 atom stereocenters. The number of halogens is 2. The van der Waals surface area contributed by atoms with Crippen LogP contribution in [-0.2, 0) is 4.79 Å². The molecule has 0 aromatic heterocycles. The SMILES string of the molecule is COc1cc(N2CC(N)CC2=O)c(Br)cc1Br. The molecule has 17 heavy (non-hydrogen) atoms. The van der Waals surface area contributed by atoms with Crippen LogP contribution in [0.5, 0.6) is 5.75 Å². The Labute approximate surface area is 116 Å². The number of benzene rings is 1. The molecule has 1 aromatic carbocycles. The molecule has 0 radical (unpaired) electrons. The highest BCUT2D eigenvalue weighted by molar-refractivity contribution is 9.11. The largest absolute Gasteiger partial charge is 0.495 e. The zero-order chi connectivity index (χ0) is 12.6. The molecule has 6 heteroatoms. The van der Waals surface area contributed by atoms with Crippen LogP contribution in [0.25, 0.3) is 0 Å². The fourth-order valence-electron chi connectivity index (χ4n) is 1.85. The average Bonchev–Trinajstić information content (AvgIpc) is 2.58. The molecule has 2 rings (SSSR count). The highest BCUT2D eigenvalue weighted by Gasteiger charge is 2.29. The second-order valence-electron chi connectivity index (χ2n) is 3.91. The van der Waals surface area contributed by atoms with Gasteiger partial charge in [-0.25, -0.2) is 0 Å². The summed E-state index contributed by atoms with van der Waals surface area (Å²) in [6, 6.07) is 3.60. The van der Waals surface area contributed by atoms with Crippen molar-refractivity contribution >= 4 is 43.5 Å². The van der Waals surface area contributed by atoms with Gasteiger partial charge in [-0.05, 0) is 37.9 Å². The van der Waals surface area contributed by atoms with Crippen molar-refractivity contribution in [2.24, 2.45) is 5.73 Å². The number of carbonyl (C=O) groups excluding carboxylic acids is 1. The molecule has 1 amide bonds. The van der Waals surface area contributed by atoms with Crippen LogP contribution in [0, 0.1) is 0 Å². The van der Waals surface area contributed by atoms with Crippen LogP contribution in [0.1, 0.15) is 6.42 Å². The van der Waals surface area contributed by atoms with Crippen molar-refractivity contribution in [3.05, 3.63) is 21.1 Å². The quantitative estimate of drug-likeness (QED) is 0.876. The van der Waals surface area contributed by atoms with E-state index in [-0.39, 0.29) is 11.9 Å². The smallest absolute Gasteiger partial charge is 0.228 e. The first-order valence-electron chi connectivity index (χ1n) is 5.12. The van der Waals surface area contributed by atoms with Gasteiger partial charge in [0.15, 0.2) is 0 Å². The van der Waals surface area contributed by atoms with Crippen LogP contribution in [0.2, 0.25) is 0 Å². The van der Waals surface area contributed by atoms with E-state index in [2.05, 4.69) is 31.9 Å². The van der Waals surface area contributed by atoms with E-state index in [9.17, 15) is 4.79 Å². The molecule has 92 valence electrons. The molecular formula is C11H12Br2N2O2. The Hall–Kier alpha value is -0.590. The molecular weight excluding hydrogens is 352 g/mol. The predicted octanol–water partition coefficient (Wildman–Crippen LogP) is 2.28. The minimum Gasteiger partial charge on any atom is -0.495 e. The Bertz CT molecular complexity index is 465. The second-order valence-corrected chi connectivity index (χ2v) is 5.62. The summed E-state index contributed by atoms with van der Waals surface area (Å²) in [5.74, 6) is 0.735. The number of ether oxygens (including phenoxy) is 1. The first-order chi connectivity index (χ1) is 8.02. The van der Waals surface area contributed by atoms with Gasteiger partial charge in [-0.3, -0.25) is 4.79 Å². The number of anilines is 1. The van der Waals surface area contributed by atoms with Gasteiger partial charge in [0.25, 0.3) is 0 Å². The number of amides is 1. The predicted molar refractivity (Wildman–Crippen MR) is 73.3 cm³/mol. The molecule has 1 aliphatic heterocycles. The third kappa shape index (κ3) is 2.48. The van der Waals surface area contributed by atoms with Crippen molar-refractivity contribution < 1.29 is 9.53 Å². The minimum absolute atomic E-state index is 0.0441. The molecule has 0 saturated carbocycles. The lowest BCUT2D eigenvalue weighted by Gasteiger charge is -2.19. The maximum Gasteiger partial charge on any atom is 0.228 e. The highest BCUT2D eigenvalue weighted by Crippen LogP contribution is 2.37. The molecule has 2 N–H and O–H groups in total. The lowest BCUT2D eigenvalue weighted by Crippen LogP contribution is -2.28. The fraction of sp³-hybridized carbons (Fsp3) is 0.364. The minimum atomic E-state index is -0.0935.